The molecule has 0 unspecified atom stereocenters. The Morgan fingerprint density at radius 3 is 1.63 bits per heavy atom. The SMILES string of the molecule is CC1(C)c2cc(-c3cccc(-c4cc(-c5nc6ccccc6o5)cc(-c5nc6ccccc6o5)c4)c3)ccc2-c2cc3c(cc21)oc1ccccc13. The summed E-state index contributed by atoms with van der Waals surface area (Å²) in [4.78, 5) is 9.66. The topological polar surface area (TPSA) is 65.2 Å². The molecule has 5 heteroatoms. The second-order valence-corrected chi connectivity index (χ2v) is 14.2. The summed E-state index contributed by atoms with van der Waals surface area (Å²) < 4.78 is 18.8. The van der Waals surface area contributed by atoms with Gasteiger partial charge in [0.2, 0.25) is 11.8 Å². The van der Waals surface area contributed by atoms with Crippen LogP contribution in [-0.4, -0.2) is 9.97 Å². The standard InChI is InChI=1S/C47H30N2O3/c1-47(2)37-24-29(18-19-33(37)35-25-36-34-12-3-6-15-41(34)50-44(36)26-38(35)47)27-10-9-11-28(20-27)30-21-31(45-48-39-13-4-7-16-42(39)51-45)23-32(22-30)46-49-40-14-5-8-17-43(40)52-46/h3-26H,1-2H3. The number of furan rings is 1. The van der Waals surface area contributed by atoms with E-state index in [0.717, 1.165) is 72.0 Å². The van der Waals surface area contributed by atoms with Crippen molar-refractivity contribution in [2.45, 2.75) is 19.3 Å². The van der Waals surface area contributed by atoms with Gasteiger partial charge in [-0.2, -0.15) is 0 Å². The molecule has 11 rings (SSSR count). The Morgan fingerprint density at radius 1 is 0.385 bits per heavy atom. The molecule has 0 fully saturated rings. The van der Waals surface area contributed by atoms with Gasteiger partial charge in [0.1, 0.15) is 22.2 Å². The van der Waals surface area contributed by atoms with Crippen molar-refractivity contribution in [1.82, 2.24) is 9.97 Å². The highest BCUT2D eigenvalue weighted by atomic mass is 16.4. The fourth-order valence-corrected chi connectivity index (χ4v) is 8.04. The zero-order chi connectivity index (χ0) is 34.6. The molecule has 0 saturated heterocycles. The van der Waals surface area contributed by atoms with Crippen molar-refractivity contribution >= 4 is 44.1 Å². The predicted molar refractivity (Wildman–Crippen MR) is 208 cm³/mol. The van der Waals surface area contributed by atoms with Gasteiger partial charge in [-0.15, -0.1) is 0 Å². The first-order chi connectivity index (χ1) is 25.5. The summed E-state index contributed by atoms with van der Waals surface area (Å²) in [7, 11) is 0. The molecule has 10 aromatic rings. The largest absolute Gasteiger partial charge is 0.456 e. The lowest BCUT2D eigenvalue weighted by Gasteiger charge is -2.22. The zero-order valence-corrected chi connectivity index (χ0v) is 28.5. The van der Waals surface area contributed by atoms with Gasteiger partial charge in [-0.1, -0.05) is 86.6 Å². The number of hydrogen-bond acceptors (Lipinski definition) is 5. The molecule has 0 saturated carbocycles. The van der Waals surface area contributed by atoms with Gasteiger partial charge in [0.15, 0.2) is 11.2 Å². The summed E-state index contributed by atoms with van der Waals surface area (Å²) in [5.74, 6) is 1.11. The second kappa shape index (κ2) is 10.6. The van der Waals surface area contributed by atoms with Gasteiger partial charge < -0.3 is 13.3 Å². The maximum Gasteiger partial charge on any atom is 0.227 e. The maximum atomic E-state index is 6.30. The normalized spacial score (nSPS) is 13.3. The summed E-state index contributed by atoms with van der Waals surface area (Å²) >= 11 is 0. The van der Waals surface area contributed by atoms with E-state index in [-0.39, 0.29) is 5.41 Å². The molecule has 0 atom stereocenters. The minimum Gasteiger partial charge on any atom is -0.456 e. The summed E-state index contributed by atoms with van der Waals surface area (Å²) in [6.07, 6.45) is 0. The fourth-order valence-electron chi connectivity index (χ4n) is 8.04. The third-order valence-corrected chi connectivity index (χ3v) is 10.7. The van der Waals surface area contributed by atoms with E-state index < -0.39 is 0 Å². The second-order valence-electron chi connectivity index (χ2n) is 14.2. The molecule has 0 aliphatic heterocycles. The lowest BCUT2D eigenvalue weighted by Crippen LogP contribution is -2.15. The highest BCUT2D eigenvalue weighted by Crippen LogP contribution is 2.52. The molecule has 0 radical (unpaired) electrons. The molecule has 52 heavy (non-hydrogen) atoms. The molecule has 3 aromatic heterocycles. The van der Waals surface area contributed by atoms with Gasteiger partial charge >= 0.3 is 0 Å². The lowest BCUT2D eigenvalue weighted by atomic mass is 9.81. The van der Waals surface area contributed by atoms with Crippen molar-refractivity contribution < 1.29 is 13.3 Å². The van der Waals surface area contributed by atoms with Crippen molar-refractivity contribution in [3.8, 4) is 56.3 Å². The number of nitrogens with zero attached hydrogens (tertiary/aromatic N) is 2. The molecule has 5 nitrogen and oxygen atoms in total. The summed E-state index contributed by atoms with van der Waals surface area (Å²) in [5, 5.41) is 2.31. The van der Waals surface area contributed by atoms with E-state index in [1.807, 2.05) is 66.7 Å². The van der Waals surface area contributed by atoms with Gasteiger partial charge in [0.25, 0.3) is 0 Å². The first-order valence-electron chi connectivity index (χ1n) is 17.5. The van der Waals surface area contributed by atoms with E-state index in [0.29, 0.717) is 11.8 Å². The van der Waals surface area contributed by atoms with Crippen LogP contribution in [0.15, 0.2) is 159 Å². The Hall–Kier alpha value is -6.72. The van der Waals surface area contributed by atoms with Gasteiger partial charge in [0.05, 0.1) is 0 Å². The average molecular weight is 671 g/mol. The van der Waals surface area contributed by atoms with E-state index in [1.165, 1.54) is 27.8 Å². The Labute approximate surface area is 298 Å². The zero-order valence-electron chi connectivity index (χ0n) is 28.5. The molecule has 0 bridgehead atoms. The molecular weight excluding hydrogens is 641 g/mol. The van der Waals surface area contributed by atoms with Crippen molar-refractivity contribution in [1.29, 1.82) is 0 Å². The Balaban J connectivity index is 1.03. The van der Waals surface area contributed by atoms with Crippen molar-refractivity contribution in [2.75, 3.05) is 0 Å². The predicted octanol–water partition coefficient (Wildman–Crippen LogP) is 12.8. The number of hydrogen-bond donors (Lipinski definition) is 0. The molecule has 0 N–H and O–H groups in total. The highest BCUT2D eigenvalue weighted by Gasteiger charge is 2.36. The first kappa shape index (κ1) is 29.1. The molecule has 7 aromatic carbocycles. The maximum absolute atomic E-state index is 6.30. The van der Waals surface area contributed by atoms with Crippen LogP contribution in [0.5, 0.6) is 0 Å². The third kappa shape index (κ3) is 4.36. The van der Waals surface area contributed by atoms with E-state index in [2.05, 4.69) is 92.7 Å². The number of fused-ring (bicyclic) bond motifs is 8. The smallest absolute Gasteiger partial charge is 0.227 e. The van der Waals surface area contributed by atoms with Gasteiger partial charge in [0, 0.05) is 27.3 Å². The van der Waals surface area contributed by atoms with Crippen LogP contribution in [0.1, 0.15) is 25.0 Å². The number of rotatable bonds is 4. The number of benzene rings is 7. The molecule has 246 valence electrons. The van der Waals surface area contributed by atoms with Crippen LogP contribution < -0.4 is 0 Å². The highest BCUT2D eigenvalue weighted by molar-refractivity contribution is 6.07. The molecule has 0 spiro atoms. The van der Waals surface area contributed by atoms with Crippen LogP contribution in [0.3, 0.4) is 0 Å². The van der Waals surface area contributed by atoms with Crippen LogP contribution >= 0.6 is 0 Å². The minimum absolute atomic E-state index is 0.187. The van der Waals surface area contributed by atoms with Crippen LogP contribution in [0.25, 0.3) is 100 Å². The fraction of sp³-hybridized carbons (Fsp3) is 0.0638. The third-order valence-electron chi connectivity index (χ3n) is 10.7. The average Bonchev–Trinajstić information content (AvgIpc) is 3.95. The summed E-state index contributed by atoms with van der Waals surface area (Å²) in [6.45, 7) is 4.63. The molecule has 1 aliphatic carbocycles. The van der Waals surface area contributed by atoms with E-state index >= 15 is 0 Å². The lowest BCUT2D eigenvalue weighted by molar-refractivity contribution is 0.617. The van der Waals surface area contributed by atoms with Crippen molar-refractivity contribution in [2.24, 2.45) is 0 Å². The Morgan fingerprint density at radius 2 is 0.942 bits per heavy atom. The van der Waals surface area contributed by atoms with Crippen LogP contribution in [0.4, 0.5) is 0 Å². The molecule has 0 amide bonds. The van der Waals surface area contributed by atoms with E-state index in [1.54, 1.807) is 0 Å². The summed E-state index contributed by atoms with van der Waals surface area (Å²) in [5.41, 5.74) is 16.1. The molecule has 3 heterocycles. The molecular formula is C47H30N2O3. The monoisotopic (exact) mass is 670 g/mol. The van der Waals surface area contributed by atoms with Crippen LogP contribution in [0.2, 0.25) is 0 Å². The van der Waals surface area contributed by atoms with E-state index in [4.69, 9.17) is 23.2 Å². The number of para-hydroxylation sites is 5. The van der Waals surface area contributed by atoms with Gasteiger partial charge in [-0.3, -0.25) is 0 Å². The number of oxazole rings is 2. The Kier molecular flexibility index (Phi) is 5.95. The van der Waals surface area contributed by atoms with Crippen LogP contribution in [-0.2, 0) is 5.41 Å². The van der Waals surface area contributed by atoms with Gasteiger partial charge in [-0.05, 0) is 117 Å². The minimum atomic E-state index is -0.187. The number of aromatic nitrogens is 2. The molecule has 1 aliphatic rings. The van der Waals surface area contributed by atoms with E-state index in [9.17, 15) is 0 Å². The van der Waals surface area contributed by atoms with Gasteiger partial charge in [-0.25, -0.2) is 9.97 Å². The Bertz CT molecular complexity index is 2910. The first-order valence-corrected chi connectivity index (χ1v) is 17.5. The summed E-state index contributed by atoms with van der Waals surface area (Å²) in [6, 6.07) is 50.5. The quantitative estimate of drug-likeness (QED) is 0.186. The van der Waals surface area contributed by atoms with Crippen molar-refractivity contribution in [3.05, 3.63) is 157 Å². The van der Waals surface area contributed by atoms with Crippen molar-refractivity contribution in [3.63, 3.8) is 0 Å². The van der Waals surface area contributed by atoms with Crippen LogP contribution in [0, 0.1) is 0 Å².